The van der Waals surface area contributed by atoms with E-state index in [1.54, 1.807) is 6.33 Å². The van der Waals surface area contributed by atoms with Gasteiger partial charge in [-0.25, -0.2) is 9.67 Å². The Morgan fingerprint density at radius 1 is 1.20 bits per heavy atom. The molecule has 1 aliphatic carbocycles. The Morgan fingerprint density at radius 2 is 2.00 bits per heavy atom. The van der Waals surface area contributed by atoms with E-state index >= 15 is 0 Å². The summed E-state index contributed by atoms with van der Waals surface area (Å²) >= 11 is 0. The second-order valence-electron chi connectivity index (χ2n) is 9.19. The highest BCUT2D eigenvalue weighted by molar-refractivity contribution is 5.80. The summed E-state index contributed by atoms with van der Waals surface area (Å²) in [6, 6.07) is 7.89. The predicted octanol–water partition coefficient (Wildman–Crippen LogP) is 2.41. The molecule has 7 nitrogen and oxygen atoms in total. The first-order chi connectivity index (χ1) is 14.6. The molecule has 30 heavy (non-hydrogen) atoms. The molecule has 5 rings (SSSR count). The van der Waals surface area contributed by atoms with Crippen LogP contribution in [0, 0.1) is 18.3 Å². The van der Waals surface area contributed by atoms with Crippen molar-refractivity contribution < 1.29 is 9.59 Å². The second kappa shape index (κ2) is 7.52. The fourth-order valence-electron chi connectivity index (χ4n) is 5.20. The van der Waals surface area contributed by atoms with Gasteiger partial charge in [-0.15, -0.1) is 0 Å². The van der Waals surface area contributed by atoms with Crippen molar-refractivity contribution in [3.8, 4) is 0 Å². The molecule has 158 valence electrons. The fourth-order valence-corrected chi connectivity index (χ4v) is 5.20. The Labute approximate surface area is 176 Å². The molecule has 0 bridgehead atoms. The number of likely N-dealkylation sites (tertiary alicyclic amines) is 1. The molecular weight excluding hydrogens is 378 g/mol. The molecule has 7 heteroatoms. The number of benzene rings is 1. The van der Waals surface area contributed by atoms with Crippen LogP contribution in [0.5, 0.6) is 0 Å². The van der Waals surface area contributed by atoms with E-state index in [0.29, 0.717) is 13.0 Å². The van der Waals surface area contributed by atoms with Gasteiger partial charge in [0.15, 0.2) is 0 Å². The first-order valence-corrected chi connectivity index (χ1v) is 11.1. The van der Waals surface area contributed by atoms with E-state index in [4.69, 9.17) is 0 Å². The van der Waals surface area contributed by atoms with E-state index in [9.17, 15) is 9.59 Å². The lowest BCUT2D eigenvalue weighted by atomic mass is 9.73. The number of rotatable bonds is 4. The molecule has 2 amide bonds. The number of carbonyl (C=O) groups excluding carboxylic acids is 2. The van der Waals surface area contributed by atoms with Gasteiger partial charge in [-0.3, -0.25) is 9.59 Å². The third-order valence-corrected chi connectivity index (χ3v) is 7.44. The van der Waals surface area contributed by atoms with Crippen molar-refractivity contribution in [2.24, 2.45) is 11.3 Å². The average molecular weight is 408 g/mol. The summed E-state index contributed by atoms with van der Waals surface area (Å²) in [6.07, 6.45) is 6.86. The van der Waals surface area contributed by atoms with Crippen LogP contribution >= 0.6 is 0 Å². The minimum atomic E-state index is -0.182. The first kappa shape index (κ1) is 19.3. The van der Waals surface area contributed by atoms with Gasteiger partial charge in [0.05, 0.1) is 12.5 Å². The number of aromatic nitrogens is 3. The number of aryl methyl sites for hydroxylation is 2. The van der Waals surface area contributed by atoms with Crippen LogP contribution in [-0.4, -0.2) is 44.6 Å². The number of hydrogen-bond acceptors (Lipinski definition) is 4. The minimum Gasteiger partial charge on any atom is -0.345 e. The summed E-state index contributed by atoms with van der Waals surface area (Å²) in [5, 5.41) is 7.66. The molecule has 0 radical (unpaired) electrons. The third-order valence-electron chi connectivity index (χ3n) is 7.44. The molecule has 2 fully saturated rings. The Bertz CT molecular complexity index is 966. The van der Waals surface area contributed by atoms with Crippen molar-refractivity contribution in [3.63, 3.8) is 0 Å². The molecule has 1 N–H and O–H groups in total. The number of nitrogens with one attached hydrogen (secondary N) is 1. The number of nitrogens with zero attached hydrogens (tertiary/aromatic N) is 4. The molecule has 2 aromatic rings. The molecule has 2 atom stereocenters. The predicted molar refractivity (Wildman–Crippen MR) is 111 cm³/mol. The van der Waals surface area contributed by atoms with Crippen molar-refractivity contribution in [1.29, 1.82) is 0 Å². The zero-order valence-electron chi connectivity index (χ0n) is 17.5. The topological polar surface area (TPSA) is 80.1 Å². The maximum absolute atomic E-state index is 13.1. The monoisotopic (exact) mass is 407 g/mol. The molecule has 1 aromatic heterocycles. The summed E-state index contributed by atoms with van der Waals surface area (Å²) < 4.78 is 1.91. The van der Waals surface area contributed by atoms with E-state index in [0.717, 1.165) is 62.1 Å². The second-order valence-corrected chi connectivity index (χ2v) is 9.19. The van der Waals surface area contributed by atoms with Gasteiger partial charge >= 0.3 is 0 Å². The maximum atomic E-state index is 13.1. The van der Waals surface area contributed by atoms with Crippen LogP contribution in [0.1, 0.15) is 55.1 Å². The van der Waals surface area contributed by atoms with Crippen molar-refractivity contribution in [1.82, 2.24) is 25.0 Å². The van der Waals surface area contributed by atoms with Crippen LogP contribution in [0.4, 0.5) is 0 Å². The number of fused-ring (bicyclic) bond motifs is 1. The van der Waals surface area contributed by atoms with Crippen LogP contribution < -0.4 is 5.32 Å². The van der Waals surface area contributed by atoms with Crippen molar-refractivity contribution >= 4 is 11.8 Å². The summed E-state index contributed by atoms with van der Waals surface area (Å²) in [7, 11) is 0. The lowest BCUT2D eigenvalue weighted by molar-refractivity contribution is -0.130. The number of amides is 2. The molecular formula is C23H29N5O2. The van der Waals surface area contributed by atoms with Gasteiger partial charge in [0.1, 0.15) is 12.2 Å². The van der Waals surface area contributed by atoms with E-state index in [1.807, 2.05) is 40.8 Å². The summed E-state index contributed by atoms with van der Waals surface area (Å²) in [5.41, 5.74) is 2.07. The highest BCUT2D eigenvalue weighted by atomic mass is 16.2. The first-order valence-electron chi connectivity index (χ1n) is 11.1. The molecule has 3 heterocycles. The molecule has 0 unspecified atom stereocenters. The van der Waals surface area contributed by atoms with Crippen LogP contribution in [0.2, 0.25) is 0 Å². The van der Waals surface area contributed by atoms with E-state index < -0.39 is 0 Å². The third kappa shape index (κ3) is 3.30. The molecule has 1 aromatic carbocycles. The zero-order chi connectivity index (χ0) is 20.7. The van der Waals surface area contributed by atoms with Crippen LogP contribution in [0.3, 0.4) is 0 Å². The lowest BCUT2D eigenvalue weighted by Gasteiger charge is -2.41. The highest BCUT2D eigenvalue weighted by Gasteiger charge is 2.51. The average Bonchev–Trinajstić information content (AvgIpc) is 3.33. The van der Waals surface area contributed by atoms with Crippen molar-refractivity contribution in [3.05, 3.63) is 47.5 Å². The van der Waals surface area contributed by atoms with Crippen LogP contribution in [0.25, 0.3) is 0 Å². The molecule has 2 aliphatic heterocycles. The van der Waals surface area contributed by atoms with E-state index in [2.05, 4.69) is 15.4 Å². The molecule has 3 aliphatic rings. The van der Waals surface area contributed by atoms with Gasteiger partial charge in [-0.1, -0.05) is 30.7 Å². The number of carbonyl (C=O) groups is 2. The van der Waals surface area contributed by atoms with Gasteiger partial charge in [0.2, 0.25) is 11.8 Å². The summed E-state index contributed by atoms with van der Waals surface area (Å²) in [6.45, 7) is 4.23. The van der Waals surface area contributed by atoms with Gasteiger partial charge < -0.3 is 10.2 Å². The normalized spacial score (nSPS) is 25.8. The Hall–Kier alpha value is -2.70. The van der Waals surface area contributed by atoms with Crippen LogP contribution in [0.15, 0.2) is 30.6 Å². The van der Waals surface area contributed by atoms with E-state index in [-0.39, 0.29) is 29.2 Å². The number of hydrogen-bond donors (Lipinski definition) is 1. The fraction of sp³-hybridized carbons (Fsp3) is 0.565. The molecule has 1 saturated carbocycles. The minimum absolute atomic E-state index is 0.126. The lowest BCUT2D eigenvalue weighted by Crippen LogP contribution is -2.50. The summed E-state index contributed by atoms with van der Waals surface area (Å²) in [4.78, 5) is 32.4. The van der Waals surface area contributed by atoms with Crippen molar-refractivity contribution in [2.75, 3.05) is 13.1 Å². The van der Waals surface area contributed by atoms with Gasteiger partial charge in [0.25, 0.3) is 0 Å². The smallest absolute Gasteiger partial charge is 0.227 e. The maximum Gasteiger partial charge on any atom is 0.227 e. The van der Waals surface area contributed by atoms with E-state index in [1.165, 1.54) is 0 Å². The Balaban J connectivity index is 1.35. The van der Waals surface area contributed by atoms with Gasteiger partial charge in [-0.2, -0.15) is 5.10 Å². The Morgan fingerprint density at radius 3 is 2.77 bits per heavy atom. The summed E-state index contributed by atoms with van der Waals surface area (Å²) in [5.74, 6) is 1.26. The standard InChI is InChI=1S/C23H29N5O2/c1-16-5-2-3-6-18(16)13-19(29)27-11-9-23(14-27)10-12-28-21(24-15-25-28)20(23)26-22(30)17-7-4-8-17/h2-3,5-6,15,17,20H,4,7-14H2,1H3,(H,26,30)/t20-,23-/m0/s1. The highest BCUT2D eigenvalue weighted by Crippen LogP contribution is 2.48. The van der Waals surface area contributed by atoms with Crippen LogP contribution in [-0.2, 0) is 22.6 Å². The van der Waals surface area contributed by atoms with Gasteiger partial charge in [-0.05, 0) is 43.7 Å². The SMILES string of the molecule is Cc1ccccc1CC(=O)N1CC[C@]2(CCn3ncnc3[C@@H]2NC(=O)C2CCC2)C1. The largest absolute Gasteiger partial charge is 0.345 e. The Kier molecular flexibility index (Phi) is 4.83. The zero-order valence-corrected chi connectivity index (χ0v) is 17.5. The van der Waals surface area contributed by atoms with Crippen molar-refractivity contribution in [2.45, 2.75) is 58.0 Å². The van der Waals surface area contributed by atoms with Gasteiger partial charge in [0, 0.05) is 31.0 Å². The molecule has 1 spiro atoms. The quantitative estimate of drug-likeness (QED) is 0.844. The molecule has 1 saturated heterocycles.